The topological polar surface area (TPSA) is 153 Å². The van der Waals surface area contributed by atoms with Crippen molar-refractivity contribution in [1.82, 2.24) is 19.7 Å². The van der Waals surface area contributed by atoms with E-state index in [0.29, 0.717) is 0 Å². The van der Waals surface area contributed by atoms with Gasteiger partial charge in [0.2, 0.25) is 15.0 Å². The number of aryl methyl sites for hydroxylation is 1. The van der Waals surface area contributed by atoms with Crippen LogP contribution in [0.25, 0.3) is 10.4 Å². The molecule has 0 aliphatic heterocycles. The quantitative estimate of drug-likeness (QED) is 0.303. The first-order valence-electron chi connectivity index (χ1n) is 10.7. The number of thiophene rings is 1. The minimum atomic E-state index is -3.84. The van der Waals surface area contributed by atoms with Crippen LogP contribution in [0.3, 0.4) is 0 Å². The zero-order chi connectivity index (χ0) is 27.1. The van der Waals surface area contributed by atoms with Crippen LogP contribution in [0.2, 0.25) is 0 Å². The highest BCUT2D eigenvalue weighted by molar-refractivity contribution is 7.90. The predicted octanol–water partition coefficient (Wildman–Crippen LogP) is 3.26. The standard InChI is InChI=1S/C23H22F2N6O4S2/c1-23(2,33)12-7-15(24)19(16(25)8-12)17-9-14(20(26)32)21(36-17)29-18-6-4-5-13(28-18)10-37(34,35)22-30-27-11-31(22)3/h4-9,11,33H,10H2,1-3H3,(H2,26,32)(H,28,29). The lowest BCUT2D eigenvalue weighted by Gasteiger charge is -2.18. The first-order valence-corrected chi connectivity index (χ1v) is 13.2. The Bertz CT molecular complexity index is 1590. The van der Waals surface area contributed by atoms with Crippen LogP contribution < -0.4 is 11.1 Å². The van der Waals surface area contributed by atoms with Gasteiger partial charge in [0.1, 0.15) is 34.5 Å². The SMILES string of the molecule is Cn1cnnc1S(=O)(=O)Cc1cccc(Nc2sc(-c3c(F)cc(C(C)(C)O)cc3F)cc2C(N)=O)n1. The van der Waals surface area contributed by atoms with E-state index in [1.54, 1.807) is 6.07 Å². The van der Waals surface area contributed by atoms with Gasteiger partial charge >= 0.3 is 0 Å². The van der Waals surface area contributed by atoms with E-state index < -0.39 is 38.7 Å². The number of primary amides is 1. The molecule has 4 aromatic rings. The molecule has 14 heteroatoms. The Kier molecular flexibility index (Phi) is 6.83. The molecule has 0 saturated heterocycles. The number of sulfone groups is 1. The average molecular weight is 549 g/mol. The highest BCUT2D eigenvalue weighted by Crippen LogP contribution is 2.40. The molecule has 4 rings (SSSR count). The highest BCUT2D eigenvalue weighted by Gasteiger charge is 2.25. The van der Waals surface area contributed by atoms with Gasteiger partial charge in [-0.05, 0) is 49.7 Å². The van der Waals surface area contributed by atoms with Gasteiger partial charge in [-0.25, -0.2) is 22.2 Å². The van der Waals surface area contributed by atoms with E-state index in [-0.39, 0.29) is 43.2 Å². The summed E-state index contributed by atoms with van der Waals surface area (Å²) >= 11 is 0.862. The second-order valence-corrected chi connectivity index (χ2v) is 11.6. The lowest BCUT2D eigenvalue weighted by atomic mass is 9.96. The first-order chi connectivity index (χ1) is 17.3. The molecule has 0 bridgehead atoms. The maximum absolute atomic E-state index is 14.9. The van der Waals surface area contributed by atoms with Gasteiger partial charge in [0, 0.05) is 11.9 Å². The third-order valence-corrected chi connectivity index (χ3v) is 8.00. The second-order valence-electron chi connectivity index (χ2n) is 8.71. The van der Waals surface area contributed by atoms with E-state index in [1.165, 1.54) is 50.0 Å². The molecule has 0 fully saturated rings. The molecular weight excluding hydrogens is 526 g/mol. The summed E-state index contributed by atoms with van der Waals surface area (Å²) in [6.07, 6.45) is 1.27. The van der Waals surface area contributed by atoms with Crippen molar-refractivity contribution >= 4 is 37.9 Å². The molecule has 0 unspecified atom stereocenters. The van der Waals surface area contributed by atoms with Crippen molar-refractivity contribution in [3.63, 3.8) is 0 Å². The largest absolute Gasteiger partial charge is 0.386 e. The monoisotopic (exact) mass is 548 g/mol. The summed E-state index contributed by atoms with van der Waals surface area (Å²) in [5, 5.41) is 20.1. The molecular formula is C23H22F2N6O4S2. The Labute approximate surface area is 214 Å². The van der Waals surface area contributed by atoms with Crippen LogP contribution in [0.5, 0.6) is 0 Å². The third-order valence-electron chi connectivity index (χ3n) is 5.33. The summed E-state index contributed by atoms with van der Waals surface area (Å²) in [5.41, 5.74) is 3.84. The number of aromatic nitrogens is 4. The van der Waals surface area contributed by atoms with Crippen LogP contribution in [0.1, 0.15) is 35.5 Å². The van der Waals surface area contributed by atoms with E-state index in [9.17, 15) is 27.1 Å². The van der Waals surface area contributed by atoms with Gasteiger partial charge in [0.05, 0.1) is 22.4 Å². The van der Waals surface area contributed by atoms with Gasteiger partial charge in [0.15, 0.2) is 0 Å². The van der Waals surface area contributed by atoms with Crippen molar-refractivity contribution in [3.8, 4) is 10.4 Å². The van der Waals surface area contributed by atoms with Gasteiger partial charge in [-0.2, -0.15) is 0 Å². The van der Waals surface area contributed by atoms with Gasteiger partial charge < -0.3 is 20.7 Å². The molecule has 0 atom stereocenters. The summed E-state index contributed by atoms with van der Waals surface area (Å²) in [5.74, 6) is -2.97. The Morgan fingerprint density at radius 2 is 1.89 bits per heavy atom. The number of anilines is 2. The van der Waals surface area contributed by atoms with Crippen molar-refractivity contribution in [1.29, 1.82) is 0 Å². The fraction of sp³-hybridized carbons (Fsp3) is 0.217. The fourth-order valence-electron chi connectivity index (χ4n) is 3.51. The van der Waals surface area contributed by atoms with E-state index >= 15 is 0 Å². The molecule has 10 nitrogen and oxygen atoms in total. The highest BCUT2D eigenvalue weighted by atomic mass is 32.2. The van der Waals surface area contributed by atoms with Crippen LogP contribution in [0.15, 0.2) is 47.9 Å². The number of nitrogens with one attached hydrogen (secondary N) is 1. The number of hydrogen-bond donors (Lipinski definition) is 3. The number of hydrogen-bond acceptors (Lipinski definition) is 9. The van der Waals surface area contributed by atoms with Crippen molar-refractivity contribution < 1.29 is 27.1 Å². The normalized spacial score (nSPS) is 12.1. The Morgan fingerprint density at radius 3 is 2.46 bits per heavy atom. The summed E-state index contributed by atoms with van der Waals surface area (Å²) in [4.78, 5) is 16.4. The minimum Gasteiger partial charge on any atom is -0.386 e. The second kappa shape index (κ2) is 9.61. The molecule has 0 saturated carbocycles. The number of amides is 1. The number of rotatable bonds is 8. The fourth-order valence-corrected chi connectivity index (χ4v) is 5.97. The lowest BCUT2D eigenvalue weighted by molar-refractivity contribution is 0.0778. The minimum absolute atomic E-state index is 0.0377. The molecule has 4 N–H and O–H groups in total. The molecule has 0 aliphatic carbocycles. The third kappa shape index (κ3) is 5.50. The van der Waals surface area contributed by atoms with Crippen LogP contribution in [0, 0.1) is 11.6 Å². The molecule has 194 valence electrons. The molecule has 37 heavy (non-hydrogen) atoms. The van der Waals surface area contributed by atoms with Crippen LogP contribution in [-0.4, -0.2) is 39.2 Å². The molecule has 3 aromatic heterocycles. The van der Waals surface area contributed by atoms with E-state index in [1.807, 2.05) is 0 Å². The Hall–Kier alpha value is -3.75. The molecule has 0 radical (unpaired) electrons. The molecule has 0 aliphatic rings. The van der Waals surface area contributed by atoms with Gasteiger partial charge in [-0.1, -0.05) is 6.07 Å². The number of pyridine rings is 1. The zero-order valence-corrected chi connectivity index (χ0v) is 21.5. The smallest absolute Gasteiger partial charge is 0.251 e. The van der Waals surface area contributed by atoms with Gasteiger partial charge in [-0.15, -0.1) is 21.5 Å². The summed E-state index contributed by atoms with van der Waals surface area (Å²) in [7, 11) is -2.34. The van der Waals surface area contributed by atoms with Crippen molar-refractivity contribution in [2.45, 2.75) is 30.4 Å². The van der Waals surface area contributed by atoms with Crippen molar-refractivity contribution in [2.24, 2.45) is 12.8 Å². The lowest BCUT2D eigenvalue weighted by Crippen LogP contribution is -2.16. The number of aliphatic hydroxyl groups is 1. The van der Waals surface area contributed by atoms with Crippen LogP contribution in [-0.2, 0) is 28.2 Å². The van der Waals surface area contributed by atoms with E-state index in [4.69, 9.17) is 5.73 Å². The molecule has 1 amide bonds. The van der Waals surface area contributed by atoms with Gasteiger partial charge in [0.25, 0.3) is 5.91 Å². The average Bonchev–Trinajstić information content (AvgIpc) is 3.39. The zero-order valence-electron chi connectivity index (χ0n) is 19.9. The molecule has 0 spiro atoms. The molecule has 3 heterocycles. The summed E-state index contributed by atoms with van der Waals surface area (Å²) in [6.45, 7) is 2.80. The number of carbonyl (C=O) groups is 1. The Balaban J connectivity index is 1.67. The maximum Gasteiger partial charge on any atom is 0.251 e. The number of carbonyl (C=O) groups excluding carboxylic acids is 1. The maximum atomic E-state index is 14.9. The Morgan fingerprint density at radius 1 is 1.22 bits per heavy atom. The van der Waals surface area contributed by atoms with Crippen molar-refractivity contribution in [3.05, 3.63) is 71.2 Å². The van der Waals surface area contributed by atoms with Gasteiger partial charge in [-0.3, -0.25) is 4.79 Å². The number of halogens is 2. The first kappa shape index (κ1) is 26.3. The number of benzene rings is 1. The molecule has 1 aromatic carbocycles. The predicted molar refractivity (Wildman–Crippen MR) is 133 cm³/mol. The van der Waals surface area contributed by atoms with E-state index in [0.717, 1.165) is 23.5 Å². The summed E-state index contributed by atoms with van der Waals surface area (Å²) < 4.78 is 56.4. The van der Waals surface area contributed by atoms with E-state index in [2.05, 4.69) is 20.5 Å². The number of nitrogens with two attached hydrogens (primary N) is 1. The summed E-state index contributed by atoms with van der Waals surface area (Å²) in [6, 6.07) is 7.90. The van der Waals surface area contributed by atoms with Crippen LogP contribution >= 0.6 is 11.3 Å². The van der Waals surface area contributed by atoms with Crippen molar-refractivity contribution in [2.75, 3.05) is 5.32 Å². The number of nitrogens with zero attached hydrogens (tertiary/aromatic N) is 4. The van der Waals surface area contributed by atoms with Crippen LogP contribution in [0.4, 0.5) is 19.6 Å².